The fourth-order valence-corrected chi connectivity index (χ4v) is 2.91. The third-order valence-corrected chi connectivity index (χ3v) is 4.17. The Hall–Kier alpha value is -1.40. The fraction of sp³-hybridized carbons (Fsp3) is 0.733. The van der Waals surface area contributed by atoms with E-state index in [1.807, 2.05) is 0 Å². The van der Waals surface area contributed by atoms with Crippen LogP contribution in [0.25, 0.3) is 0 Å². The van der Waals surface area contributed by atoms with E-state index in [0.29, 0.717) is 0 Å². The molecule has 1 aromatic heterocycles. The number of piperidine rings is 1. The lowest BCUT2D eigenvalue weighted by molar-refractivity contribution is 0.0398. The van der Waals surface area contributed by atoms with E-state index in [2.05, 4.69) is 31.2 Å². The molecule has 2 aliphatic rings. The van der Waals surface area contributed by atoms with Crippen LogP contribution < -0.4 is 10.2 Å². The number of anilines is 2. The number of nitrogens with one attached hydrogen (secondary N) is 1. The average molecular weight is 291 g/mol. The van der Waals surface area contributed by atoms with Crippen LogP contribution in [-0.2, 0) is 4.74 Å². The van der Waals surface area contributed by atoms with E-state index in [0.717, 1.165) is 64.1 Å². The molecule has 0 spiro atoms. The molecule has 2 saturated heterocycles. The lowest BCUT2D eigenvalue weighted by Gasteiger charge is -2.28. The highest BCUT2D eigenvalue weighted by molar-refractivity contribution is 5.48. The Labute approximate surface area is 126 Å². The molecule has 0 aromatic carbocycles. The van der Waals surface area contributed by atoms with Gasteiger partial charge in [0.25, 0.3) is 0 Å². The maximum absolute atomic E-state index is 5.36. The van der Waals surface area contributed by atoms with Gasteiger partial charge in [0.15, 0.2) is 0 Å². The van der Waals surface area contributed by atoms with Gasteiger partial charge in [-0.2, -0.15) is 0 Å². The summed E-state index contributed by atoms with van der Waals surface area (Å²) in [6.07, 6.45) is 5.54. The van der Waals surface area contributed by atoms with Gasteiger partial charge in [-0.05, 0) is 19.3 Å². The van der Waals surface area contributed by atoms with Crippen molar-refractivity contribution in [1.29, 1.82) is 0 Å². The minimum absolute atomic E-state index is 0.854. The van der Waals surface area contributed by atoms with Gasteiger partial charge in [-0.15, -0.1) is 0 Å². The van der Waals surface area contributed by atoms with Gasteiger partial charge in [-0.1, -0.05) is 0 Å². The van der Waals surface area contributed by atoms with Crippen LogP contribution >= 0.6 is 0 Å². The summed E-state index contributed by atoms with van der Waals surface area (Å²) in [6, 6.07) is 2.07. The number of morpholine rings is 1. The van der Waals surface area contributed by atoms with Crippen LogP contribution in [0.1, 0.15) is 19.3 Å². The normalized spacial score (nSPS) is 20.5. The van der Waals surface area contributed by atoms with E-state index in [1.54, 1.807) is 6.33 Å². The van der Waals surface area contributed by atoms with Crippen LogP contribution in [0.4, 0.5) is 11.6 Å². The molecule has 3 heterocycles. The first-order chi connectivity index (χ1) is 10.4. The molecule has 2 aliphatic heterocycles. The molecular formula is C15H25N5O. The summed E-state index contributed by atoms with van der Waals surface area (Å²) in [4.78, 5) is 13.5. The largest absolute Gasteiger partial charge is 0.379 e. The Morgan fingerprint density at radius 1 is 1.05 bits per heavy atom. The fourth-order valence-electron chi connectivity index (χ4n) is 2.91. The predicted octanol–water partition coefficient (Wildman–Crippen LogP) is 1.21. The molecule has 0 aliphatic carbocycles. The molecule has 0 radical (unpaired) electrons. The van der Waals surface area contributed by atoms with Crippen molar-refractivity contribution in [2.75, 3.05) is 62.7 Å². The highest BCUT2D eigenvalue weighted by Gasteiger charge is 2.13. The Balaban J connectivity index is 1.48. The quantitative estimate of drug-likeness (QED) is 0.880. The number of rotatable bonds is 5. The summed E-state index contributed by atoms with van der Waals surface area (Å²) in [5, 5.41) is 3.41. The van der Waals surface area contributed by atoms with E-state index in [1.165, 1.54) is 19.3 Å². The summed E-state index contributed by atoms with van der Waals surface area (Å²) in [5.41, 5.74) is 0. The Kier molecular flexibility index (Phi) is 5.23. The van der Waals surface area contributed by atoms with Gasteiger partial charge in [-0.3, -0.25) is 4.90 Å². The molecule has 116 valence electrons. The minimum Gasteiger partial charge on any atom is -0.379 e. The third kappa shape index (κ3) is 4.28. The summed E-state index contributed by atoms with van der Waals surface area (Å²) in [6.45, 7) is 7.95. The molecule has 1 N–H and O–H groups in total. The second-order valence-electron chi connectivity index (χ2n) is 5.69. The zero-order valence-corrected chi connectivity index (χ0v) is 12.6. The van der Waals surface area contributed by atoms with Crippen molar-refractivity contribution >= 4 is 11.6 Å². The molecule has 0 bridgehead atoms. The van der Waals surface area contributed by atoms with Crippen molar-refractivity contribution in [3.63, 3.8) is 0 Å². The zero-order valence-electron chi connectivity index (χ0n) is 12.6. The van der Waals surface area contributed by atoms with Crippen molar-refractivity contribution < 1.29 is 4.74 Å². The second kappa shape index (κ2) is 7.56. The topological polar surface area (TPSA) is 53.5 Å². The van der Waals surface area contributed by atoms with Crippen LogP contribution in [0.3, 0.4) is 0 Å². The Morgan fingerprint density at radius 2 is 1.86 bits per heavy atom. The third-order valence-electron chi connectivity index (χ3n) is 4.17. The molecule has 0 unspecified atom stereocenters. The summed E-state index contributed by atoms with van der Waals surface area (Å²) in [5.74, 6) is 1.98. The van der Waals surface area contributed by atoms with E-state index < -0.39 is 0 Å². The summed E-state index contributed by atoms with van der Waals surface area (Å²) < 4.78 is 5.36. The molecule has 6 heteroatoms. The standard InChI is InChI=1S/C15H25N5O/c1-2-5-20(6-3-1)15-12-14(17-13-18-15)16-4-7-19-8-10-21-11-9-19/h12-13H,1-11H2,(H,16,17,18). The second-order valence-corrected chi connectivity index (χ2v) is 5.69. The SMILES string of the molecule is c1nc(NCCN2CCOCC2)cc(N2CCCCC2)n1. The lowest BCUT2D eigenvalue weighted by atomic mass is 10.1. The minimum atomic E-state index is 0.854. The van der Waals surface area contributed by atoms with Gasteiger partial charge >= 0.3 is 0 Å². The number of ether oxygens (including phenoxy) is 1. The van der Waals surface area contributed by atoms with Crippen LogP contribution in [0.2, 0.25) is 0 Å². The number of aromatic nitrogens is 2. The average Bonchev–Trinajstić information content (AvgIpc) is 2.57. The van der Waals surface area contributed by atoms with E-state index in [9.17, 15) is 0 Å². The first-order valence-corrected chi connectivity index (χ1v) is 8.03. The first-order valence-electron chi connectivity index (χ1n) is 8.03. The molecule has 0 amide bonds. The predicted molar refractivity (Wildman–Crippen MR) is 83.8 cm³/mol. The van der Waals surface area contributed by atoms with Crippen LogP contribution in [-0.4, -0.2) is 67.4 Å². The number of nitrogens with zero attached hydrogens (tertiary/aromatic N) is 4. The lowest BCUT2D eigenvalue weighted by Crippen LogP contribution is -2.39. The maximum atomic E-state index is 5.36. The van der Waals surface area contributed by atoms with Gasteiger partial charge in [0.05, 0.1) is 13.2 Å². The first kappa shape index (κ1) is 14.5. The number of hydrogen-bond donors (Lipinski definition) is 1. The molecule has 21 heavy (non-hydrogen) atoms. The Morgan fingerprint density at radius 3 is 2.67 bits per heavy atom. The smallest absolute Gasteiger partial charge is 0.134 e. The van der Waals surface area contributed by atoms with Crippen LogP contribution in [0, 0.1) is 0 Å². The number of hydrogen-bond acceptors (Lipinski definition) is 6. The molecular weight excluding hydrogens is 266 g/mol. The van der Waals surface area contributed by atoms with E-state index in [4.69, 9.17) is 4.74 Å². The highest BCUT2D eigenvalue weighted by atomic mass is 16.5. The van der Waals surface area contributed by atoms with Gasteiger partial charge in [0.1, 0.15) is 18.0 Å². The highest BCUT2D eigenvalue weighted by Crippen LogP contribution is 2.18. The van der Waals surface area contributed by atoms with E-state index >= 15 is 0 Å². The summed E-state index contributed by atoms with van der Waals surface area (Å²) in [7, 11) is 0. The van der Waals surface area contributed by atoms with Crippen molar-refractivity contribution in [3.05, 3.63) is 12.4 Å². The van der Waals surface area contributed by atoms with Gasteiger partial charge in [-0.25, -0.2) is 9.97 Å². The van der Waals surface area contributed by atoms with Crippen molar-refractivity contribution in [2.24, 2.45) is 0 Å². The monoisotopic (exact) mass is 291 g/mol. The maximum Gasteiger partial charge on any atom is 0.134 e. The molecule has 1 aromatic rings. The molecule has 0 saturated carbocycles. The van der Waals surface area contributed by atoms with E-state index in [-0.39, 0.29) is 0 Å². The Bertz CT molecular complexity index is 430. The van der Waals surface area contributed by atoms with Crippen molar-refractivity contribution in [1.82, 2.24) is 14.9 Å². The van der Waals surface area contributed by atoms with Gasteiger partial charge in [0.2, 0.25) is 0 Å². The van der Waals surface area contributed by atoms with Gasteiger partial charge in [0, 0.05) is 45.3 Å². The summed E-state index contributed by atoms with van der Waals surface area (Å²) >= 11 is 0. The van der Waals surface area contributed by atoms with Crippen LogP contribution in [0.5, 0.6) is 0 Å². The van der Waals surface area contributed by atoms with Gasteiger partial charge < -0.3 is 15.0 Å². The zero-order chi connectivity index (χ0) is 14.3. The van der Waals surface area contributed by atoms with Crippen LogP contribution in [0.15, 0.2) is 12.4 Å². The molecule has 0 atom stereocenters. The van der Waals surface area contributed by atoms with Crippen molar-refractivity contribution in [2.45, 2.75) is 19.3 Å². The molecule has 2 fully saturated rings. The molecule has 6 nitrogen and oxygen atoms in total. The van der Waals surface area contributed by atoms with Crippen molar-refractivity contribution in [3.8, 4) is 0 Å². The molecule has 3 rings (SSSR count).